The number of morpholine rings is 1. The summed E-state index contributed by atoms with van der Waals surface area (Å²) in [5, 5.41) is 0. The Balaban J connectivity index is 2.02. The normalized spacial score (nSPS) is 39.9. The molecular formula is C8H15NO. The number of rotatable bonds is 1. The van der Waals surface area contributed by atoms with Gasteiger partial charge in [0.1, 0.15) is 0 Å². The second kappa shape index (κ2) is 2.21. The van der Waals surface area contributed by atoms with Crippen LogP contribution in [-0.2, 0) is 4.74 Å². The van der Waals surface area contributed by atoms with E-state index in [2.05, 4.69) is 18.7 Å². The van der Waals surface area contributed by atoms with Crippen molar-refractivity contribution in [3.8, 4) is 0 Å². The minimum absolute atomic E-state index is 0.562. The van der Waals surface area contributed by atoms with Crippen LogP contribution in [0, 0.1) is 0 Å². The van der Waals surface area contributed by atoms with Crippen molar-refractivity contribution in [1.29, 1.82) is 0 Å². The van der Waals surface area contributed by atoms with Crippen LogP contribution in [0.3, 0.4) is 0 Å². The molecule has 2 atom stereocenters. The summed E-state index contributed by atoms with van der Waals surface area (Å²) in [6.07, 6.45) is 1.84. The Hall–Kier alpha value is -0.0800. The standard InChI is InChI=1S/C8H15NO/c1-6(2)9-4-8-3-7(9)5-10-8/h6-8H,3-5H2,1-2H3/t7?,8-/m1/s1. The van der Waals surface area contributed by atoms with E-state index in [0.717, 1.165) is 12.6 Å². The van der Waals surface area contributed by atoms with Crippen molar-refractivity contribution in [2.24, 2.45) is 0 Å². The molecule has 2 nitrogen and oxygen atoms in total. The summed E-state index contributed by atoms with van der Waals surface area (Å²) in [6.45, 7) is 6.67. The van der Waals surface area contributed by atoms with Crippen molar-refractivity contribution in [1.82, 2.24) is 4.90 Å². The van der Waals surface area contributed by atoms with Gasteiger partial charge in [-0.3, -0.25) is 4.90 Å². The maximum Gasteiger partial charge on any atom is 0.0718 e. The van der Waals surface area contributed by atoms with Crippen molar-refractivity contribution >= 4 is 0 Å². The predicted octanol–water partition coefficient (Wildman–Crippen LogP) is 0.868. The summed E-state index contributed by atoms with van der Waals surface area (Å²) in [5.74, 6) is 0. The lowest BCUT2D eigenvalue weighted by Gasteiger charge is -2.30. The van der Waals surface area contributed by atoms with Crippen LogP contribution in [0.25, 0.3) is 0 Å². The first kappa shape index (κ1) is 6.62. The molecule has 2 heteroatoms. The molecule has 2 aliphatic heterocycles. The van der Waals surface area contributed by atoms with Gasteiger partial charge in [0, 0.05) is 18.6 Å². The summed E-state index contributed by atoms with van der Waals surface area (Å²) in [7, 11) is 0. The van der Waals surface area contributed by atoms with Gasteiger partial charge in [0.05, 0.1) is 12.7 Å². The SMILES string of the molecule is CC(C)N1C[C@H]2CC1CO2. The average molecular weight is 141 g/mol. The lowest BCUT2D eigenvalue weighted by molar-refractivity contribution is 0.0179. The molecule has 0 radical (unpaired) electrons. The molecule has 2 saturated heterocycles. The van der Waals surface area contributed by atoms with Crippen molar-refractivity contribution in [2.75, 3.05) is 13.2 Å². The number of nitrogens with zero attached hydrogens (tertiary/aromatic N) is 1. The van der Waals surface area contributed by atoms with Crippen LogP contribution in [0.4, 0.5) is 0 Å². The van der Waals surface area contributed by atoms with Crippen molar-refractivity contribution in [2.45, 2.75) is 38.5 Å². The predicted molar refractivity (Wildman–Crippen MR) is 40.0 cm³/mol. The van der Waals surface area contributed by atoms with Crippen molar-refractivity contribution in [3.05, 3.63) is 0 Å². The second-order valence-electron chi connectivity index (χ2n) is 3.64. The molecule has 2 rings (SSSR count). The van der Waals surface area contributed by atoms with E-state index in [4.69, 9.17) is 4.74 Å². The van der Waals surface area contributed by atoms with Gasteiger partial charge in [0.2, 0.25) is 0 Å². The highest BCUT2D eigenvalue weighted by Gasteiger charge is 2.39. The van der Waals surface area contributed by atoms with E-state index >= 15 is 0 Å². The molecule has 2 heterocycles. The first-order chi connectivity index (χ1) is 4.77. The molecule has 2 aliphatic rings. The van der Waals surface area contributed by atoms with Crippen LogP contribution in [0.15, 0.2) is 0 Å². The third-order valence-corrected chi connectivity index (χ3v) is 2.61. The van der Waals surface area contributed by atoms with Gasteiger partial charge in [0.25, 0.3) is 0 Å². The fraction of sp³-hybridized carbons (Fsp3) is 1.00. The molecule has 0 aliphatic carbocycles. The van der Waals surface area contributed by atoms with Crippen LogP contribution in [0.5, 0.6) is 0 Å². The van der Waals surface area contributed by atoms with Gasteiger partial charge in [-0.25, -0.2) is 0 Å². The maximum atomic E-state index is 5.49. The van der Waals surface area contributed by atoms with Gasteiger partial charge in [-0.05, 0) is 20.3 Å². The number of ether oxygens (including phenoxy) is 1. The molecule has 1 unspecified atom stereocenters. The molecule has 2 bridgehead atoms. The second-order valence-corrected chi connectivity index (χ2v) is 3.64. The maximum absolute atomic E-state index is 5.49. The first-order valence-electron chi connectivity index (χ1n) is 4.14. The zero-order chi connectivity index (χ0) is 7.14. The van der Waals surface area contributed by atoms with E-state index in [9.17, 15) is 0 Å². The lowest BCUT2D eigenvalue weighted by atomic mass is 10.2. The summed E-state index contributed by atoms with van der Waals surface area (Å²) in [4.78, 5) is 2.55. The summed E-state index contributed by atoms with van der Waals surface area (Å²) in [5.41, 5.74) is 0. The topological polar surface area (TPSA) is 12.5 Å². The molecule has 0 aromatic carbocycles. The Kier molecular flexibility index (Phi) is 1.46. The van der Waals surface area contributed by atoms with Crippen LogP contribution < -0.4 is 0 Å². The number of fused-ring (bicyclic) bond motifs is 2. The van der Waals surface area contributed by atoms with Crippen LogP contribution >= 0.6 is 0 Å². The first-order valence-corrected chi connectivity index (χ1v) is 4.14. The van der Waals surface area contributed by atoms with Gasteiger partial charge in [-0.2, -0.15) is 0 Å². The molecule has 0 amide bonds. The lowest BCUT2D eigenvalue weighted by Crippen LogP contribution is -2.41. The fourth-order valence-electron chi connectivity index (χ4n) is 2.06. The van der Waals surface area contributed by atoms with Gasteiger partial charge >= 0.3 is 0 Å². The molecule has 0 aromatic heterocycles. The van der Waals surface area contributed by atoms with Gasteiger partial charge < -0.3 is 4.74 Å². The Labute approximate surface area is 62.2 Å². The zero-order valence-electron chi connectivity index (χ0n) is 6.71. The van der Waals surface area contributed by atoms with E-state index < -0.39 is 0 Å². The largest absolute Gasteiger partial charge is 0.375 e. The molecule has 0 saturated carbocycles. The van der Waals surface area contributed by atoms with Gasteiger partial charge in [-0.15, -0.1) is 0 Å². The van der Waals surface area contributed by atoms with Crippen LogP contribution in [0.1, 0.15) is 20.3 Å². The minimum atomic E-state index is 0.562. The van der Waals surface area contributed by atoms with Gasteiger partial charge in [-0.1, -0.05) is 0 Å². The average Bonchev–Trinajstić information content (AvgIpc) is 2.44. The molecule has 2 fully saturated rings. The third-order valence-electron chi connectivity index (χ3n) is 2.61. The van der Waals surface area contributed by atoms with E-state index in [1.165, 1.54) is 13.0 Å². The Morgan fingerprint density at radius 3 is 2.60 bits per heavy atom. The highest BCUT2D eigenvalue weighted by atomic mass is 16.5. The van der Waals surface area contributed by atoms with Gasteiger partial charge in [0.15, 0.2) is 0 Å². The number of hydrogen-bond acceptors (Lipinski definition) is 2. The molecule has 58 valence electrons. The van der Waals surface area contributed by atoms with E-state index in [0.29, 0.717) is 12.1 Å². The van der Waals surface area contributed by atoms with E-state index in [1.54, 1.807) is 0 Å². The molecule has 0 spiro atoms. The zero-order valence-corrected chi connectivity index (χ0v) is 6.71. The fourth-order valence-corrected chi connectivity index (χ4v) is 2.06. The number of likely N-dealkylation sites (tertiary alicyclic amines) is 1. The monoisotopic (exact) mass is 141 g/mol. The summed E-state index contributed by atoms with van der Waals surface area (Å²) >= 11 is 0. The molecular weight excluding hydrogens is 126 g/mol. The summed E-state index contributed by atoms with van der Waals surface area (Å²) < 4.78 is 5.49. The third kappa shape index (κ3) is 0.867. The van der Waals surface area contributed by atoms with Crippen molar-refractivity contribution in [3.63, 3.8) is 0 Å². The number of hydrogen-bond donors (Lipinski definition) is 0. The van der Waals surface area contributed by atoms with E-state index in [1.807, 2.05) is 0 Å². The minimum Gasteiger partial charge on any atom is -0.375 e. The van der Waals surface area contributed by atoms with Crippen molar-refractivity contribution < 1.29 is 4.74 Å². The molecule has 10 heavy (non-hydrogen) atoms. The Morgan fingerprint density at radius 2 is 2.30 bits per heavy atom. The quantitative estimate of drug-likeness (QED) is 0.537. The summed E-state index contributed by atoms with van der Waals surface area (Å²) in [6, 6.07) is 1.45. The molecule has 0 aromatic rings. The molecule has 0 N–H and O–H groups in total. The highest BCUT2D eigenvalue weighted by Crippen LogP contribution is 2.28. The van der Waals surface area contributed by atoms with Crippen LogP contribution in [-0.4, -0.2) is 36.2 Å². The van der Waals surface area contributed by atoms with E-state index in [-0.39, 0.29) is 0 Å². The van der Waals surface area contributed by atoms with Crippen LogP contribution in [0.2, 0.25) is 0 Å². The Morgan fingerprint density at radius 1 is 1.50 bits per heavy atom. The highest BCUT2D eigenvalue weighted by molar-refractivity contribution is 4.92. The Bertz CT molecular complexity index is 135. The smallest absolute Gasteiger partial charge is 0.0718 e.